The SMILES string of the molecule is CC[N+](=CC=Cc1ccccc1)c1ccccc1.Cc1ccc(S(=O)(=O)O)cc1. The summed E-state index contributed by atoms with van der Waals surface area (Å²) >= 11 is 0. The molecule has 29 heavy (non-hydrogen) atoms. The minimum Gasteiger partial charge on any atom is -0.282 e. The summed E-state index contributed by atoms with van der Waals surface area (Å²) in [7, 11) is -4.02. The Hall–Kier alpha value is -3.02. The van der Waals surface area contributed by atoms with E-state index in [9.17, 15) is 8.42 Å². The van der Waals surface area contributed by atoms with E-state index < -0.39 is 10.1 Å². The highest BCUT2D eigenvalue weighted by atomic mass is 32.2. The normalized spacial score (nSPS) is 11.8. The lowest BCUT2D eigenvalue weighted by molar-refractivity contribution is -0.430. The fourth-order valence-electron chi connectivity index (χ4n) is 2.53. The van der Waals surface area contributed by atoms with E-state index in [4.69, 9.17) is 4.55 Å². The van der Waals surface area contributed by atoms with Crippen molar-refractivity contribution in [1.29, 1.82) is 0 Å². The van der Waals surface area contributed by atoms with Crippen LogP contribution in [0.5, 0.6) is 0 Å². The summed E-state index contributed by atoms with van der Waals surface area (Å²) < 4.78 is 31.8. The quantitative estimate of drug-likeness (QED) is 0.350. The summed E-state index contributed by atoms with van der Waals surface area (Å²) in [5.74, 6) is 0. The van der Waals surface area contributed by atoms with Crippen LogP contribution in [0, 0.1) is 6.92 Å². The maximum absolute atomic E-state index is 10.5. The Morgan fingerprint density at radius 2 is 1.41 bits per heavy atom. The minimum absolute atomic E-state index is 0.0666. The summed E-state index contributed by atoms with van der Waals surface area (Å²) in [4.78, 5) is -0.0666. The Bertz CT molecular complexity index is 1040. The number of para-hydroxylation sites is 1. The van der Waals surface area contributed by atoms with Gasteiger partial charge in [0.05, 0.1) is 4.90 Å². The molecule has 1 N–H and O–H groups in total. The first-order valence-corrected chi connectivity index (χ1v) is 10.8. The standard InChI is InChI=1S/C17H18N.C7H8O3S/c1-2-18(17-13-7-4-8-14-17)15-9-12-16-10-5-3-6-11-16;1-6-2-4-7(5-3-6)11(8,9)10/h3-15H,2H2,1H3;2-5H,1H3,(H,8,9,10)/q+1;. The van der Waals surface area contributed by atoms with Gasteiger partial charge >= 0.3 is 0 Å². The molecule has 0 aromatic heterocycles. The van der Waals surface area contributed by atoms with E-state index in [-0.39, 0.29) is 4.90 Å². The second kappa shape index (κ2) is 11.1. The monoisotopic (exact) mass is 408 g/mol. The third-order valence-electron chi connectivity index (χ3n) is 4.10. The van der Waals surface area contributed by atoms with E-state index in [1.165, 1.54) is 23.4 Å². The van der Waals surface area contributed by atoms with E-state index in [2.05, 4.69) is 78.4 Å². The van der Waals surface area contributed by atoms with Gasteiger partial charge in [-0.05, 0) is 37.6 Å². The number of hydrogen-bond donors (Lipinski definition) is 1. The van der Waals surface area contributed by atoms with Gasteiger partial charge in [-0.1, -0.05) is 66.2 Å². The molecule has 0 amide bonds. The maximum atomic E-state index is 10.5. The van der Waals surface area contributed by atoms with Crippen LogP contribution in [0.3, 0.4) is 0 Å². The Morgan fingerprint density at radius 1 is 0.862 bits per heavy atom. The first-order valence-electron chi connectivity index (χ1n) is 9.32. The van der Waals surface area contributed by atoms with Crippen molar-refractivity contribution >= 4 is 28.1 Å². The molecule has 0 saturated heterocycles. The molecule has 3 rings (SSSR count). The third-order valence-corrected chi connectivity index (χ3v) is 4.97. The summed E-state index contributed by atoms with van der Waals surface area (Å²) in [6.07, 6.45) is 6.32. The predicted molar refractivity (Wildman–Crippen MR) is 119 cm³/mol. The zero-order valence-corrected chi connectivity index (χ0v) is 17.5. The van der Waals surface area contributed by atoms with Crippen molar-refractivity contribution in [2.75, 3.05) is 6.54 Å². The fourth-order valence-corrected chi connectivity index (χ4v) is 3.01. The zero-order chi connectivity index (χ0) is 21.1. The van der Waals surface area contributed by atoms with Gasteiger partial charge in [0.2, 0.25) is 5.69 Å². The second-order valence-corrected chi connectivity index (χ2v) is 7.75. The Labute approximate surface area is 173 Å². The maximum Gasteiger partial charge on any atom is 0.294 e. The van der Waals surface area contributed by atoms with Crippen LogP contribution in [0.15, 0.2) is 95.9 Å². The fraction of sp³-hybridized carbons (Fsp3) is 0.125. The van der Waals surface area contributed by atoms with Crippen molar-refractivity contribution in [2.24, 2.45) is 0 Å². The lowest BCUT2D eigenvalue weighted by Crippen LogP contribution is -2.04. The molecule has 0 saturated carbocycles. The number of hydrogen-bond acceptors (Lipinski definition) is 2. The molecule has 0 spiro atoms. The van der Waals surface area contributed by atoms with Gasteiger partial charge in [0.15, 0.2) is 6.21 Å². The van der Waals surface area contributed by atoms with Gasteiger partial charge in [-0.3, -0.25) is 4.55 Å². The molecular weight excluding hydrogens is 382 g/mol. The van der Waals surface area contributed by atoms with E-state index in [1.807, 2.05) is 19.1 Å². The lowest BCUT2D eigenvalue weighted by Gasteiger charge is -1.97. The molecule has 0 aliphatic rings. The van der Waals surface area contributed by atoms with E-state index in [0.29, 0.717) is 0 Å². The van der Waals surface area contributed by atoms with Crippen molar-refractivity contribution in [2.45, 2.75) is 18.7 Å². The van der Waals surface area contributed by atoms with Crippen LogP contribution in [-0.2, 0) is 10.1 Å². The van der Waals surface area contributed by atoms with E-state index >= 15 is 0 Å². The lowest BCUT2D eigenvalue weighted by atomic mass is 10.2. The van der Waals surface area contributed by atoms with Crippen molar-refractivity contribution in [1.82, 2.24) is 0 Å². The molecule has 3 aromatic carbocycles. The average molecular weight is 409 g/mol. The largest absolute Gasteiger partial charge is 0.294 e. The smallest absolute Gasteiger partial charge is 0.282 e. The van der Waals surface area contributed by atoms with Gasteiger partial charge in [0.25, 0.3) is 10.1 Å². The molecule has 0 aliphatic heterocycles. The molecule has 3 aromatic rings. The topological polar surface area (TPSA) is 57.4 Å². The molecule has 0 bridgehead atoms. The van der Waals surface area contributed by atoms with Crippen LogP contribution in [0.4, 0.5) is 5.69 Å². The van der Waals surface area contributed by atoms with Crippen molar-refractivity contribution < 1.29 is 17.5 Å². The third kappa shape index (κ3) is 7.86. The number of benzene rings is 3. The molecule has 5 heteroatoms. The molecule has 150 valence electrons. The van der Waals surface area contributed by atoms with Gasteiger partial charge in [-0.15, -0.1) is 0 Å². The van der Waals surface area contributed by atoms with Crippen LogP contribution in [0.1, 0.15) is 18.1 Å². The van der Waals surface area contributed by atoms with Crippen molar-refractivity contribution in [3.05, 3.63) is 102 Å². The highest BCUT2D eigenvalue weighted by Crippen LogP contribution is 2.10. The minimum atomic E-state index is -4.02. The van der Waals surface area contributed by atoms with Crippen LogP contribution in [0.25, 0.3) is 6.08 Å². The average Bonchev–Trinajstić information content (AvgIpc) is 2.73. The molecule has 4 nitrogen and oxygen atoms in total. The number of nitrogens with zero attached hydrogens (tertiary/aromatic N) is 1. The first-order chi connectivity index (χ1) is 13.9. The molecule has 0 unspecified atom stereocenters. The van der Waals surface area contributed by atoms with Crippen molar-refractivity contribution in [3.8, 4) is 0 Å². The first kappa shape index (κ1) is 22.3. The molecular formula is C24H26NO3S+. The number of aryl methyl sites for hydroxylation is 1. The van der Waals surface area contributed by atoms with Crippen LogP contribution in [-0.4, -0.2) is 30.3 Å². The zero-order valence-electron chi connectivity index (χ0n) is 16.6. The Balaban J connectivity index is 0.000000234. The number of allylic oxidation sites excluding steroid dienone is 1. The highest BCUT2D eigenvalue weighted by Gasteiger charge is 2.06. The molecule has 0 atom stereocenters. The summed E-state index contributed by atoms with van der Waals surface area (Å²) in [5, 5.41) is 0. The number of rotatable bonds is 5. The summed E-state index contributed by atoms with van der Waals surface area (Å²) in [6.45, 7) is 4.96. The van der Waals surface area contributed by atoms with E-state index in [0.717, 1.165) is 12.1 Å². The van der Waals surface area contributed by atoms with E-state index in [1.54, 1.807) is 12.1 Å². The van der Waals surface area contributed by atoms with Gasteiger partial charge in [0, 0.05) is 18.2 Å². The van der Waals surface area contributed by atoms with Gasteiger partial charge < -0.3 is 0 Å². The summed E-state index contributed by atoms with van der Waals surface area (Å²) in [5.41, 5.74) is 3.40. The predicted octanol–water partition coefficient (Wildman–Crippen LogP) is 5.38. The Kier molecular flexibility index (Phi) is 8.52. The van der Waals surface area contributed by atoms with Gasteiger partial charge in [-0.25, -0.2) is 0 Å². The van der Waals surface area contributed by atoms with Crippen LogP contribution in [0.2, 0.25) is 0 Å². The molecule has 0 heterocycles. The highest BCUT2D eigenvalue weighted by molar-refractivity contribution is 7.85. The second-order valence-electron chi connectivity index (χ2n) is 6.33. The molecule has 0 aliphatic carbocycles. The van der Waals surface area contributed by atoms with Crippen LogP contribution >= 0.6 is 0 Å². The van der Waals surface area contributed by atoms with Crippen LogP contribution < -0.4 is 0 Å². The van der Waals surface area contributed by atoms with Gasteiger partial charge in [0.1, 0.15) is 6.54 Å². The Morgan fingerprint density at radius 3 is 1.93 bits per heavy atom. The van der Waals surface area contributed by atoms with Gasteiger partial charge in [-0.2, -0.15) is 13.0 Å². The summed E-state index contributed by atoms with van der Waals surface area (Å²) in [6, 6.07) is 26.7. The molecule has 0 radical (unpaired) electrons. The van der Waals surface area contributed by atoms with Crippen molar-refractivity contribution in [3.63, 3.8) is 0 Å². The molecule has 0 fully saturated rings.